The Morgan fingerprint density at radius 1 is 1.05 bits per heavy atom. The van der Waals surface area contributed by atoms with Crippen LogP contribution in [0, 0.1) is 10.1 Å². The molecule has 0 aliphatic heterocycles. The number of amides is 2. The Morgan fingerprint density at radius 3 is 2.39 bits per heavy atom. The third-order valence-electron chi connectivity index (χ3n) is 5.80. The highest BCUT2D eigenvalue weighted by Gasteiger charge is 2.30. The Balaban J connectivity index is 1.89. The monoisotopic (exact) mass is 539 g/mol. The summed E-state index contributed by atoms with van der Waals surface area (Å²) in [6.07, 6.45) is 1.06. The number of nitro benzene ring substituents is 1. The van der Waals surface area contributed by atoms with Crippen molar-refractivity contribution >= 4 is 29.1 Å². The average Bonchev–Trinajstić information content (AvgIpc) is 2.93. The van der Waals surface area contributed by atoms with Gasteiger partial charge in [0.1, 0.15) is 11.8 Å². The number of methoxy groups -OCH3 is 1. The van der Waals surface area contributed by atoms with Crippen LogP contribution in [0.1, 0.15) is 24.5 Å². The van der Waals surface area contributed by atoms with Gasteiger partial charge in [0.2, 0.25) is 11.7 Å². The lowest BCUT2D eigenvalue weighted by atomic mass is 10.0. The maximum absolute atomic E-state index is 13.6. The van der Waals surface area contributed by atoms with Crippen molar-refractivity contribution in [3.63, 3.8) is 0 Å². The fourth-order valence-corrected chi connectivity index (χ4v) is 3.96. The van der Waals surface area contributed by atoms with Crippen molar-refractivity contribution in [1.82, 2.24) is 10.2 Å². The second-order valence-electron chi connectivity index (χ2n) is 8.52. The van der Waals surface area contributed by atoms with Gasteiger partial charge in [-0.2, -0.15) is 0 Å². The van der Waals surface area contributed by atoms with Gasteiger partial charge in [0, 0.05) is 36.7 Å². The van der Waals surface area contributed by atoms with Crippen molar-refractivity contribution in [2.75, 3.05) is 20.3 Å². The molecule has 0 aliphatic carbocycles. The molecule has 9 nitrogen and oxygen atoms in total. The third-order valence-corrected chi connectivity index (χ3v) is 6.05. The Hall–Kier alpha value is -4.11. The van der Waals surface area contributed by atoms with E-state index in [-0.39, 0.29) is 36.2 Å². The molecule has 0 fully saturated rings. The molecular formula is C28H30ClN3O6. The second kappa shape index (κ2) is 14.0. The number of nitrogens with zero attached hydrogens (tertiary/aromatic N) is 2. The standard InChI is InChI=1S/C28H30ClN3O6/c1-3-15-30-28(34)25(16-20-7-5-4-6-8-20)31(18-21-9-11-22(29)12-10-21)27(33)19-38-23-13-14-24(32(35)36)26(17-23)37-2/h4-14,17,25H,3,15-16,18-19H2,1-2H3,(H,30,34). The van der Waals surface area contributed by atoms with Crippen LogP contribution in [0.15, 0.2) is 72.8 Å². The van der Waals surface area contributed by atoms with Crippen LogP contribution in [0.3, 0.4) is 0 Å². The minimum absolute atomic E-state index is 0.0128. The van der Waals surface area contributed by atoms with E-state index in [9.17, 15) is 19.7 Å². The highest BCUT2D eigenvalue weighted by atomic mass is 35.5. The van der Waals surface area contributed by atoms with Gasteiger partial charge in [-0.1, -0.05) is 61.0 Å². The zero-order valence-electron chi connectivity index (χ0n) is 21.3. The van der Waals surface area contributed by atoms with Gasteiger partial charge < -0.3 is 19.7 Å². The number of hydrogen-bond acceptors (Lipinski definition) is 6. The molecule has 1 unspecified atom stereocenters. The maximum atomic E-state index is 13.6. The molecule has 0 heterocycles. The number of hydrogen-bond donors (Lipinski definition) is 1. The summed E-state index contributed by atoms with van der Waals surface area (Å²) in [5.41, 5.74) is 1.48. The molecule has 0 radical (unpaired) electrons. The number of carbonyl (C=O) groups excluding carboxylic acids is 2. The first-order valence-corrected chi connectivity index (χ1v) is 12.5. The molecule has 3 aromatic carbocycles. The van der Waals surface area contributed by atoms with Gasteiger partial charge in [0.05, 0.1) is 12.0 Å². The minimum Gasteiger partial charge on any atom is -0.490 e. The summed E-state index contributed by atoms with van der Waals surface area (Å²) in [6, 6.07) is 19.7. The number of rotatable bonds is 13. The topological polar surface area (TPSA) is 111 Å². The fraction of sp³-hybridized carbons (Fsp3) is 0.286. The van der Waals surface area contributed by atoms with E-state index in [0.29, 0.717) is 18.0 Å². The predicted molar refractivity (Wildman–Crippen MR) is 144 cm³/mol. The van der Waals surface area contributed by atoms with Gasteiger partial charge in [0.15, 0.2) is 6.61 Å². The molecule has 2 amide bonds. The van der Waals surface area contributed by atoms with Crippen molar-refractivity contribution in [3.05, 3.63) is 99.1 Å². The molecule has 1 N–H and O–H groups in total. The van der Waals surface area contributed by atoms with E-state index in [1.54, 1.807) is 24.3 Å². The highest BCUT2D eigenvalue weighted by Crippen LogP contribution is 2.31. The zero-order valence-corrected chi connectivity index (χ0v) is 22.0. The van der Waals surface area contributed by atoms with Gasteiger partial charge >= 0.3 is 5.69 Å². The molecule has 1 atom stereocenters. The van der Waals surface area contributed by atoms with Crippen molar-refractivity contribution < 1.29 is 24.0 Å². The van der Waals surface area contributed by atoms with Crippen molar-refractivity contribution in [2.24, 2.45) is 0 Å². The van der Waals surface area contributed by atoms with Crippen molar-refractivity contribution in [1.29, 1.82) is 0 Å². The Morgan fingerprint density at radius 2 is 1.76 bits per heavy atom. The van der Waals surface area contributed by atoms with Gasteiger partial charge in [0.25, 0.3) is 5.91 Å². The summed E-state index contributed by atoms with van der Waals surface area (Å²) < 4.78 is 10.8. The number of benzene rings is 3. The van der Waals surface area contributed by atoms with Crippen molar-refractivity contribution in [2.45, 2.75) is 32.4 Å². The molecular weight excluding hydrogens is 510 g/mol. The number of nitro groups is 1. The average molecular weight is 540 g/mol. The van der Waals surface area contributed by atoms with E-state index in [2.05, 4.69) is 5.32 Å². The van der Waals surface area contributed by atoms with E-state index in [4.69, 9.17) is 21.1 Å². The third kappa shape index (κ3) is 7.94. The second-order valence-corrected chi connectivity index (χ2v) is 8.96. The lowest BCUT2D eigenvalue weighted by Gasteiger charge is -2.31. The predicted octanol–water partition coefficient (Wildman–Crippen LogP) is 4.80. The first kappa shape index (κ1) is 28.5. The Kier molecular flexibility index (Phi) is 10.5. The molecule has 0 bridgehead atoms. The molecule has 3 aromatic rings. The number of carbonyl (C=O) groups is 2. The Bertz CT molecular complexity index is 1240. The van der Waals surface area contributed by atoms with E-state index in [1.807, 2.05) is 37.3 Å². The van der Waals surface area contributed by atoms with Gasteiger partial charge in [-0.05, 0) is 35.7 Å². The van der Waals surface area contributed by atoms with Gasteiger partial charge in [-0.25, -0.2) is 0 Å². The number of halogens is 1. The molecule has 0 saturated carbocycles. The maximum Gasteiger partial charge on any atom is 0.311 e. The molecule has 0 aromatic heterocycles. The van der Waals surface area contributed by atoms with Crippen LogP contribution in [-0.2, 0) is 22.6 Å². The van der Waals surface area contributed by atoms with Crippen molar-refractivity contribution in [3.8, 4) is 11.5 Å². The molecule has 3 rings (SSSR count). The number of ether oxygens (including phenoxy) is 2. The summed E-state index contributed by atoms with van der Waals surface area (Å²) in [5.74, 6) is -0.457. The summed E-state index contributed by atoms with van der Waals surface area (Å²) in [5, 5.41) is 14.7. The highest BCUT2D eigenvalue weighted by molar-refractivity contribution is 6.30. The van der Waals surface area contributed by atoms with E-state index in [0.717, 1.165) is 17.5 Å². The lowest BCUT2D eigenvalue weighted by Crippen LogP contribution is -2.51. The SMILES string of the molecule is CCCNC(=O)C(Cc1ccccc1)N(Cc1ccc(Cl)cc1)C(=O)COc1ccc([N+](=O)[O-])c(OC)c1. The summed E-state index contributed by atoms with van der Waals surface area (Å²) >= 11 is 6.04. The fourth-order valence-electron chi connectivity index (χ4n) is 3.83. The first-order valence-electron chi connectivity index (χ1n) is 12.1. The van der Waals surface area contributed by atoms with Crippen LogP contribution in [-0.4, -0.2) is 47.9 Å². The Labute approximate surface area is 226 Å². The smallest absolute Gasteiger partial charge is 0.311 e. The van der Waals surface area contributed by atoms with E-state index < -0.39 is 16.9 Å². The van der Waals surface area contributed by atoms with Gasteiger partial charge in [-0.15, -0.1) is 0 Å². The minimum atomic E-state index is -0.804. The van der Waals surface area contributed by atoms with E-state index in [1.165, 1.54) is 30.2 Å². The lowest BCUT2D eigenvalue weighted by molar-refractivity contribution is -0.385. The molecule has 0 spiro atoms. The molecule has 10 heteroatoms. The molecule has 200 valence electrons. The number of nitrogens with one attached hydrogen (secondary N) is 1. The van der Waals surface area contributed by atoms with Crippen LogP contribution < -0.4 is 14.8 Å². The molecule has 0 aliphatic rings. The summed E-state index contributed by atoms with van der Waals surface area (Å²) in [6.45, 7) is 2.20. The zero-order chi connectivity index (χ0) is 27.5. The normalized spacial score (nSPS) is 11.3. The van der Waals surface area contributed by atoms with Gasteiger partial charge in [-0.3, -0.25) is 19.7 Å². The first-order chi connectivity index (χ1) is 18.3. The van der Waals surface area contributed by atoms with Crippen LogP contribution in [0.2, 0.25) is 5.02 Å². The molecule has 38 heavy (non-hydrogen) atoms. The van der Waals surface area contributed by atoms with E-state index >= 15 is 0 Å². The van der Waals surface area contributed by atoms with Crippen LogP contribution >= 0.6 is 11.6 Å². The summed E-state index contributed by atoms with van der Waals surface area (Å²) in [4.78, 5) is 39.0. The quantitative estimate of drug-likeness (QED) is 0.247. The largest absolute Gasteiger partial charge is 0.490 e. The molecule has 0 saturated heterocycles. The van der Waals surface area contributed by atoms with Crippen LogP contribution in [0.25, 0.3) is 0 Å². The van der Waals surface area contributed by atoms with Crippen LogP contribution in [0.4, 0.5) is 5.69 Å². The summed E-state index contributed by atoms with van der Waals surface area (Å²) in [7, 11) is 1.31. The van der Waals surface area contributed by atoms with Crippen LogP contribution in [0.5, 0.6) is 11.5 Å².